The fraction of sp³-hybridized carbons (Fsp3) is 1.00. The molecular weight excluding hydrogens is 809 g/mol. The van der Waals surface area contributed by atoms with Crippen LogP contribution in [0.25, 0.3) is 0 Å². The van der Waals surface area contributed by atoms with E-state index in [1.54, 1.807) is 0 Å². The second-order valence-corrected chi connectivity index (χ2v) is 131. The number of hydrogen-bond donors (Lipinski definition) is 0. The summed E-state index contributed by atoms with van der Waals surface area (Å²) < 4.78 is 0. The molecule has 0 nitrogen and oxygen atoms in total. The average molecular weight is 918 g/mol. The van der Waals surface area contributed by atoms with Crippen LogP contribution < -0.4 is 0 Å². The second kappa shape index (κ2) is 14.9. The van der Waals surface area contributed by atoms with Gasteiger partial charge >= 0.3 is 0 Å². The van der Waals surface area contributed by atoms with E-state index >= 15 is 0 Å². The van der Waals surface area contributed by atoms with Gasteiger partial charge in [0.15, 0.2) is 0 Å². The molecule has 0 unspecified atom stereocenters. The highest BCUT2D eigenvalue weighted by atomic mass is 30.2. The van der Waals surface area contributed by atoms with Gasteiger partial charge in [-0.2, -0.15) is 0 Å². The Labute approximate surface area is 356 Å². The van der Waals surface area contributed by atoms with Gasteiger partial charge in [-0.05, 0) is 40.3 Å². The van der Waals surface area contributed by atoms with Crippen molar-refractivity contribution in [3.63, 3.8) is 0 Å². The highest BCUT2D eigenvalue weighted by Gasteiger charge is 2.77. The maximum atomic E-state index is 3.14. The minimum Gasteiger partial charge on any atom is -0.0739 e. The number of rotatable bonds is 9. The van der Waals surface area contributed by atoms with Crippen LogP contribution in [0, 0.1) is 0 Å². The fourth-order valence-corrected chi connectivity index (χ4v) is 370. The third-order valence-corrected chi connectivity index (χ3v) is 238. The molecule has 0 heterocycles. The molecule has 0 aromatic carbocycles. The largest absolute Gasteiger partial charge is 0.0739 e. The summed E-state index contributed by atoms with van der Waals surface area (Å²) in [4.78, 5) is 0. The van der Waals surface area contributed by atoms with Crippen molar-refractivity contribution < 1.29 is 0 Å². The van der Waals surface area contributed by atoms with Crippen LogP contribution in [0.2, 0.25) is 119 Å². The van der Waals surface area contributed by atoms with Gasteiger partial charge in [0.05, 0.1) is 0 Å². The molecule has 0 atom stereocenters. The zero-order valence-electron chi connectivity index (χ0n) is 45.0. The van der Waals surface area contributed by atoms with E-state index in [1.807, 2.05) is 0 Å². The molecule has 0 saturated heterocycles. The van der Waals surface area contributed by atoms with Gasteiger partial charge in [-0.3, -0.25) is 0 Å². The Balaban J connectivity index is 9.42. The van der Waals surface area contributed by atoms with Crippen LogP contribution >= 0.6 is 0 Å². The summed E-state index contributed by atoms with van der Waals surface area (Å²) in [5.41, 5.74) is 0. The predicted octanol–water partition coefficient (Wildman–Crippen LogP) is 17.2. The summed E-state index contributed by atoms with van der Waals surface area (Å²) in [5.74, 6) is 0. The molecule has 54 heavy (non-hydrogen) atoms. The summed E-state index contributed by atoms with van der Waals surface area (Å²) in [6.45, 7) is 103. The summed E-state index contributed by atoms with van der Waals surface area (Å²) in [7, 11) is -16.5. The van der Waals surface area contributed by atoms with Gasteiger partial charge in [0.2, 0.25) is 0 Å². The summed E-state index contributed by atoms with van der Waals surface area (Å²) >= 11 is 0. The first-order chi connectivity index (χ1) is 22.5. The highest BCUT2D eigenvalue weighted by molar-refractivity contribution is 8.08. The molecule has 0 aliphatic rings. The molecule has 0 aromatic rings. The smallest absolute Gasteiger partial charge is 0.0471 e. The topological polar surface area (TPSA) is 0 Å². The van der Waals surface area contributed by atoms with Crippen molar-refractivity contribution in [2.24, 2.45) is 0 Å². The van der Waals surface area contributed by atoms with E-state index in [9.17, 15) is 0 Å². The lowest BCUT2D eigenvalue weighted by atomic mass is 10.2. The normalized spacial score (nSPS) is 17.2. The third-order valence-electron chi connectivity index (χ3n) is 19.9. The Bertz CT molecular complexity index is 1060. The molecule has 2 radical (unpaired) electrons. The Morgan fingerprint density at radius 3 is 0.370 bits per heavy atom. The molecule has 0 aromatic heterocycles. The zero-order valence-corrected chi connectivity index (χ0v) is 55.0. The minimum atomic E-state index is -1.92. The van der Waals surface area contributed by atoms with Crippen LogP contribution in [0.15, 0.2) is 0 Å². The van der Waals surface area contributed by atoms with Gasteiger partial charge in [0, 0.05) is 73.5 Å². The monoisotopic (exact) mass is 917 g/mol. The molecule has 0 aliphatic carbocycles. The quantitative estimate of drug-likeness (QED) is 0.202. The van der Waals surface area contributed by atoms with Crippen molar-refractivity contribution in [2.75, 3.05) is 0 Å². The molecule has 0 N–H and O–H groups in total. The van der Waals surface area contributed by atoms with E-state index in [2.05, 4.69) is 245 Å². The van der Waals surface area contributed by atoms with E-state index in [0.717, 1.165) is 0 Å². The molecule has 10 heteroatoms. The van der Waals surface area contributed by atoms with Gasteiger partial charge in [0.1, 0.15) is 0 Å². The first-order valence-corrected chi connectivity index (χ1v) is 56.2. The van der Waals surface area contributed by atoms with Crippen molar-refractivity contribution in [3.05, 3.63) is 0 Å². The van der Waals surface area contributed by atoms with E-state index in [0.29, 0.717) is 40.3 Å². The van der Waals surface area contributed by atoms with Crippen molar-refractivity contribution in [1.82, 2.24) is 0 Å². The van der Waals surface area contributed by atoms with Crippen molar-refractivity contribution >= 4 is 73.5 Å². The third kappa shape index (κ3) is 8.14. The predicted molar refractivity (Wildman–Crippen MR) is 286 cm³/mol. The van der Waals surface area contributed by atoms with Gasteiger partial charge < -0.3 is 0 Å². The van der Waals surface area contributed by atoms with Crippen LogP contribution in [-0.4, -0.2) is 73.5 Å². The molecule has 0 aliphatic heterocycles. The second-order valence-electron chi connectivity index (χ2n) is 29.8. The summed E-state index contributed by atoms with van der Waals surface area (Å²) in [5, 5.41) is 3.00. The standard InChI is InChI=1S/C44H108Si10/c1-37(2,3)51(33,38(4,5)6)45(52(34,39(7,8)9)40(10,11)12)47(25,26)49(29,30)50(31,32)48(27,28)46(53(35,41(13,14)15)42(16,17)18)54(36,43(19,20)21)44(22,23)24/h1-36H3. The maximum absolute atomic E-state index is 3.14. The molecular formula is C44H108Si10. The van der Waals surface area contributed by atoms with E-state index in [1.165, 1.54) is 0 Å². The van der Waals surface area contributed by atoms with E-state index in [4.69, 9.17) is 0 Å². The Hall–Kier alpha value is 2.17. The van der Waals surface area contributed by atoms with Gasteiger partial charge in [-0.15, -0.1) is 0 Å². The van der Waals surface area contributed by atoms with Crippen LogP contribution in [0.1, 0.15) is 166 Å². The van der Waals surface area contributed by atoms with Crippen LogP contribution in [-0.2, 0) is 0 Å². The molecule has 0 fully saturated rings. The molecule has 0 spiro atoms. The molecule has 324 valence electrons. The Morgan fingerprint density at radius 2 is 0.296 bits per heavy atom. The summed E-state index contributed by atoms with van der Waals surface area (Å²) in [6.07, 6.45) is 0. The zero-order chi connectivity index (χ0) is 45.2. The summed E-state index contributed by atoms with van der Waals surface area (Å²) in [6, 6.07) is 0. The average Bonchev–Trinajstić information content (AvgIpc) is 2.82. The molecule has 0 rings (SSSR count). The molecule has 0 saturated carbocycles. The maximum Gasteiger partial charge on any atom is 0.0471 e. The van der Waals surface area contributed by atoms with Crippen LogP contribution in [0.3, 0.4) is 0 Å². The van der Waals surface area contributed by atoms with Crippen LogP contribution in [0.4, 0.5) is 0 Å². The van der Waals surface area contributed by atoms with Crippen molar-refractivity contribution in [2.45, 2.75) is 285 Å². The lowest BCUT2D eigenvalue weighted by Gasteiger charge is -2.73. The van der Waals surface area contributed by atoms with E-state index in [-0.39, 0.29) is 0 Å². The Morgan fingerprint density at radius 1 is 0.204 bits per heavy atom. The highest BCUT2D eigenvalue weighted by Crippen LogP contribution is 2.66. The van der Waals surface area contributed by atoms with Crippen molar-refractivity contribution in [1.29, 1.82) is 0 Å². The Kier molecular flexibility index (Phi) is 15.5. The fourth-order valence-electron chi connectivity index (χ4n) is 13.2. The van der Waals surface area contributed by atoms with Gasteiger partial charge in [0.25, 0.3) is 0 Å². The van der Waals surface area contributed by atoms with Crippen molar-refractivity contribution in [3.8, 4) is 0 Å². The van der Waals surface area contributed by atoms with E-state index < -0.39 is 73.5 Å². The van der Waals surface area contributed by atoms with Gasteiger partial charge in [-0.25, -0.2) is 0 Å². The minimum absolute atomic E-state index is 0.376. The molecule has 0 amide bonds. The number of hydrogen-bond acceptors (Lipinski definition) is 0. The lowest BCUT2D eigenvalue weighted by Crippen LogP contribution is -2.96. The lowest BCUT2D eigenvalue weighted by molar-refractivity contribution is 0.625. The van der Waals surface area contributed by atoms with Gasteiger partial charge in [-0.1, -0.05) is 245 Å². The SMILES string of the molecule is CC(C)(C)[Si](C)([Si]([Si](C)(C(C)(C)C)C(C)(C)C)[Si](C)(C)[Si](C)(C)[Si](C)(C)[Si](C)(C)[Si]([Si](C)(C(C)(C)C)C(C)(C)C)[Si](C)(C(C)(C)C)C(C)(C)C)C(C)(C)C. The van der Waals surface area contributed by atoms with Crippen LogP contribution in [0.5, 0.6) is 0 Å². The first-order valence-electron chi connectivity index (χ1n) is 22.2. The molecule has 0 bridgehead atoms. The first kappa shape index (κ1) is 56.2.